The number of aryl methyl sites for hydroxylation is 1. The zero-order chi connectivity index (χ0) is 14.4. The Morgan fingerprint density at radius 1 is 1.50 bits per heavy atom. The Kier molecular flexibility index (Phi) is 5.59. The van der Waals surface area contributed by atoms with Gasteiger partial charge in [-0.1, -0.05) is 6.92 Å². The molecule has 112 valence electrons. The molecule has 1 fully saturated rings. The molecule has 1 aromatic heterocycles. The van der Waals surface area contributed by atoms with Crippen LogP contribution < -0.4 is 15.8 Å². The lowest BCUT2D eigenvalue weighted by atomic mass is 9.99. The minimum absolute atomic E-state index is 0.0416. The lowest BCUT2D eigenvalue weighted by Gasteiger charge is -2.29. The van der Waals surface area contributed by atoms with Crippen molar-refractivity contribution in [3.05, 3.63) is 22.7 Å². The summed E-state index contributed by atoms with van der Waals surface area (Å²) in [6, 6.07) is 0. The zero-order valence-corrected chi connectivity index (χ0v) is 12.6. The Morgan fingerprint density at radius 2 is 2.35 bits per heavy atom. The molecular formula is C15H26N4O. The van der Waals surface area contributed by atoms with Crippen LogP contribution >= 0.6 is 0 Å². The molecule has 1 aliphatic rings. The van der Waals surface area contributed by atoms with E-state index in [0.717, 1.165) is 39.1 Å². The summed E-state index contributed by atoms with van der Waals surface area (Å²) in [5.74, 6) is 1.22. The van der Waals surface area contributed by atoms with E-state index in [-0.39, 0.29) is 5.56 Å². The largest absolute Gasteiger partial charge is 0.352 e. The molecule has 0 spiro atoms. The van der Waals surface area contributed by atoms with E-state index in [1.54, 1.807) is 17.0 Å². The molecule has 1 atom stereocenters. The first kappa shape index (κ1) is 15.0. The monoisotopic (exact) mass is 278 g/mol. The van der Waals surface area contributed by atoms with E-state index in [1.165, 1.54) is 12.8 Å². The topological polar surface area (TPSA) is 50.2 Å². The second-order valence-electron chi connectivity index (χ2n) is 5.50. The molecule has 1 aliphatic heterocycles. The summed E-state index contributed by atoms with van der Waals surface area (Å²) in [7, 11) is 0. The Morgan fingerprint density at radius 3 is 3.00 bits per heavy atom. The molecule has 0 aliphatic carbocycles. The van der Waals surface area contributed by atoms with Crippen LogP contribution in [0.25, 0.3) is 0 Å². The summed E-state index contributed by atoms with van der Waals surface area (Å²) in [4.78, 5) is 18.9. The minimum atomic E-state index is 0.0416. The van der Waals surface area contributed by atoms with Crippen LogP contribution in [-0.4, -0.2) is 35.7 Å². The van der Waals surface area contributed by atoms with Crippen LogP contribution in [0.15, 0.2) is 17.2 Å². The molecule has 1 unspecified atom stereocenters. The number of anilines is 1. The summed E-state index contributed by atoms with van der Waals surface area (Å²) in [5, 5.41) is 3.43. The van der Waals surface area contributed by atoms with Gasteiger partial charge in [-0.25, -0.2) is 4.98 Å². The van der Waals surface area contributed by atoms with Crippen molar-refractivity contribution in [1.82, 2.24) is 14.9 Å². The van der Waals surface area contributed by atoms with Crippen LogP contribution in [-0.2, 0) is 6.54 Å². The van der Waals surface area contributed by atoms with Crippen molar-refractivity contribution >= 4 is 5.82 Å². The first-order chi connectivity index (χ1) is 9.76. The van der Waals surface area contributed by atoms with Crippen molar-refractivity contribution < 1.29 is 0 Å². The van der Waals surface area contributed by atoms with Gasteiger partial charge in [0.25, 0.3) is 5.56 Å². The number of rotatable bonds is 6. The number of hydrogen-bond donors (Lipinski definition) is 1. The Hall–Kier alpha value is -1.36. The van der Waals surface area contributed by atoms with Crippen molar-refractivity contribution in [2.24, 2.45) is 5.92 Å². The van der Waals surface area contributed by atoms with Crippen LogP contribution in [0.5, 0.6) is 0 Å². The molecule has 1 aromatic rings. The summed E-state index contributed by atoms with van der Waals surface area (Å²) in [6.45, 7) is 8.85. The van der Waals surface area contributed by atoms with Crippen molar-refractivity contribution in [3.63, 3.8) is 0 Å². The predicted octanol–water partition coefficient (Wildman–Crippen LogP) is 1.48. The molecule has 1 saturated heterocycles. The van der Waals surface area contributed by atoms with Gasteiger partial charge in [0.15, 0.2) is 5.82 Å². The van der Waals surface area contributed by atoms with E-state index in [4.69, 9.17) is 0 Å². The van der Waals surface area contributed by atoms with Gasteiger partial charge in [-0.3, -0.25) is 4.79 Å². The lowest BCUT2D eigenvalue weighted by molar-refractivity contribution is 0.377. The molecule has 1 N–H and O–H groups in total. The van der Waals surface area contributed by atoms with Gasteiger partial charge in [0.05, 0.1) is 0 Å². The maximum atomic E-state index is 12.4. The van der Waals surface area contributed by atoms with E-state index < -0.39 is 0 Å². The molecule has 20 heavy (non-hydrogen) atoms. The third kappa shape index (κ3) is 3.60. The van der Waals surface area contributed by atoms with E-state index in [0.29, 0.717) is 11.7 Å². The molecule has 0 saturated carbocycles. The highest BCUT2D eigenvalue weighted by molar-refractivity contribution is 5.35. The van der Waals surface area contributed by atoms with Crippen molar-refractivity contribution in [2.75, 3.05) is 31.1 Å². The summed E-state index contributed by atoms with van der Waals surface area (Å²) < 4.78 is 1.77. The van der Waals surface area contributed by atoms with Crippen LogP contribution in [0.2, 0.25) is 0 Å². The summed E-state index contributed by atoms with van der Waals surface area (Å²) in [5.41, 5.74) is 0.0416. The van der Waals surface area contributed by atoms with Crippen molar-refractivity contribution in [1.29, 1.82) is 0 Å². The highest BCUT2D eigenvalue weighted by Crippen LogP contribution is 2.14. The molecule has 5 heteroatoms. The third-order valence-electron chi connectivity index (χ3n) is 3.92. The number of hydrogen-bond acceptors (Lipinski definition) is 4. The maximum Gasteiger partial charge on any atom is 0.293 e. The van der Waals surface area contributed by atoms with Crippen LogP contribution in [0.3, 0.4) is 0 Å². The fourth-order valence-electron chi connectivity index (χ4n) is 2.83. The van der Waals surface area contributed by atoms with Crippen molar-refractivity contribution in [3.8, 4) is 0 Å². The van der Waals surface area contributed by atoms with E-state index >= 15 is 0 Å². The van der Waals surface area contributed by atoms with Gasteiger partial charge < -0.3 is 14.8 Å². The number of piperidine rings is 1. The fraction of sp³-hybridized carbons (Fsp3) is 0.733. The highest BCUT2D eigenvalue weighted by Gasteiger charge is 2.19. The minimum Gasteiger partial charge on any atom is -0.352 e. The first-order valence-electron chi connectivity index (χ1n) is 7.77. The Labute approximate surface area is 121 Å². The van der Waals surface area contributed by atoms with Gasteiger partial charge in [-0.15, -0.1) is 0 Å². The van der Waals surface area contributed by atoms with E-state index in [1.807, 2.05) is 0 Å². The van der Waals surface area contributed by atoms with Gasteiger partial charge in [0.2, 0.25) is 0 Å². The molecule has 5 nitrogen and oxygen atoms in total. The third-order valence-corrected chi connectivity index (χ3v) is 3.92. The normalized spacial score (nSPS) is 19.0. The quantitative estimate of drug-likeness (QED) is 0.856. The Balaban J connectivity index is 2.14. The maximum absolute atomic E-state index is 12.4. The number of nitrogens with zero attached hydrogens (tertiary/aromatic N) is 3. The van der Waals surface area contributed by atoms with Crippen LogP contribution in [0.4, 0.5) is 5.82 Å². The number of aromatic nitrogens is 2. The van der Waals surface area contributed by atoms with Gasteiger partial charge in [0, 0.05) is 32.0 Å². The highest BCUT2D eigenvalue weighted by atomic mass is 16.1. The van der Waals surface area contributed by atoms with Crippen molar-refractivity contribution in [2.45, 2.75) is 39.7 Å². The second-order valence-corrected chi connectivity index (χ2v) is 5.50. The first-order valence-corrected chi connectivity index (χ1v) is 7.77. The van der Waals surface area contributed by atoms with Gasteiger partial charge in [-0.2, -0.15) is 0 Å². The van der Waals surface area contributed by atoms with Gasteiger partial charge in [-0.05, 0) is 45.2 Å². The Bertz CT molecular complexity index is 465. The SMILES string of the molecule is CCCn1ccnc(N(CC)CC2CCCNC2)c1=O. The summed E-state index contributed by atoms with van der Waals surface area (Å²) >= 11 is 0. The average molecular weight is 278 g/mol. The molecule has 0 aromatic carbocycles. The van der Waals surface area contributed by atoms with Crippen LogP contribution in [0.1, 0.15) is 33.1 Å². The molecule has 0 amide bonds. The summed E-state index contributed by atoms with van der Waals surface area (Å²) in [6.07, 6.45) is 6.95. The van der Waals surface area contributed by atoms with E-state index in [2.05, 4.69) is 29.0 Å². The van der Waals surface area contributed by atoms with E-state index in [9.17, 15) is 4.79 Å². The van der Waals surface area contributed by atoms with Crippen LogP contribution in [0, 0.1) is 5.92 Å². The standard InChI is InChI=1S/C15H26N4O/c1-3-9-19-10-8-17-14(15(19)20)18(4-2)12-13-6-5-7-16-11-13/h8,10,13,16H,3-7,9,11-12H2,1-2H3. The fourth-order valence-corrected chi connectivity index (χ4v) is 2.83. The average Bonchev–Trinajstić information content (AvgIpc) is 2.49. The molecule has 0 radical (unpaired) electrons. The predicted molar refractivity (Wildman–Crippen MR) is 82.3 cm³/mol. The lowest BCUT2D eigenvalue weighted by Crippen LogP contribution is -2.41. The number of nitrogens with one attached hydrogen (secondary N) is 1. The van der Waals surface area contributed by atoms with Gasteiger partial charge in [0.1, 0.15) is 0 Å². The molecular weight excluding hydrogens is 252 g/mol. The van der Waals surface area contributed by atoms with Gasteiger partial charge >= 0.3 is 0 Å². The smallest absolute Gasteiger partial charge is 0.293 e. The zero-order valence-electron chi connectivity index (χ0n) is 12.6. The molecule has 2 rings (SSSR count). The molecule has 0 bridgehead atoms. The second kappa shape index (κ2) is 7.43. The molecule has 2 heterocycles.